The molecule has 0 radical (unpaired) electrons. The van der Waals surface area contributed by atoms with Crippen LogP contribution in [-0.4, -0.2) is 14.6 Å². The molecule has 0 amide bonds. The maximum absolute atomic E-state index is 6.30. The van der Waals surface area contributed by atoms with Gasteiger partial charge in [0.05, 0.1) is 16.4 Å². The Labute approximate surface area is 111 Å². The summed E-state index contributed by atoms with van der Waals surface area (Å²) in [5.74, 6) is 0.610. The SMILES string of the molecule is CCC(Cc1c(Cl)c(C)nn1CC)C(C)Br. The Bertz CT molecular complexity index is 347. The number of hydrogen-bond donors (Lipinski definition) is 0. The lowest BCUT2D eigenvalue weighted by molar-refractivity contribution is 0.480. The van der Waals surface area contributed by atoms with Crippen molar-refractivity contribution in [2.75, 3.05) is 0 Å². The van der Waals surface area contributed by atoms with Gasteiger partial charge in [0.25, 0.3) is 0 Å². The summed E-state index contributed by atoms with van der Waals surface area (Å²) in [5, 5.41) is 5.29. The van der Waals surface area contributed by atoms with Crippen LogP contribution in [0.25, 0.3) is 0 Å². The maximum Gasteiger partial charge on any atom is 0.0847 e. The predicted molar refractivity (Wildman–Crippen MR) is 73.5 cm³/mol. The van der Waals surface area contributed by atoms with E-state index in [0.717, 1.165) is 30.1 Å². The summed E-state index contributed by atoms with van der Waals surface area (Å²) in [6.07, 6.45) is 2.15. The molecule has 2 nitrogen and oxygen atoms in total. The Hall–Kier alpha value is -0.0200. The molecule has 0 aliphatic rings. The van der Waals surface area contributed by atoms with Gasteiger partial charge in [-0.05, 0) is 26.2 Å². The van der Waals surface area contributed by atoms with E-state index in [4.69, 9.17) is 11.6 Å². The Morgan fingerprint density at radius 2 is 2.06 bits per heavy atom. The molecule has 1 aromatic rings. The normalized spacial score (nSPS) is 15.1. The van der Waals surface area contributed by atoms with Crippen molar-refractivity contribution in [3.05, 3.63) is 16.4 Å². The van der Waals surface area contributed by atoms with Gasteiger partial charge in [0.15, 0.2) is 0 Å². The molecule has 0 aliphatic heterocycles. The van der Waals surface area contributed by atoms with Crippen LogP contribution in [0.2, 0.25) is 5.02 Å². The molecular weight excluding hydrogens is 288 g/mol. The smallest absolute Gasteiger partial charge is 0.0847 e. The fourth-order valence-electron chi connectivity index (χ4n) is 1.94. The van der Waals surface area contributed by atoms with Crippen LogP contribution >= 0.6 is 27.5 Å². The zero-order valence-corrected chi connectivity index (χ0v) is 12.8. The summed E-state index contributed by atoms with van der Waals surface area (Å²) in [6.45, 7) is 9.37. The highest BCUT2D eigenvalue weighted by Gasteiger charge is 2.19. The van der Waals surface area contributed by atoms with Crippen molar-refractivity contribution in [3.63, 3.8) is 0 Å². The number of nitrogens with zero attached hydrogens (tertiary/aromatic N) is 2. The van der Waals surface area contributed by atoms with Crippen molar-refractivity contribution >= 4 is 27.5 Å². The van der Waals surface area contributed by atoms with Crippen LogP contribution in [-0.2, 0) is 13.0 Å². The number of alkyl halides is 1. The monoisotopic (exact) mass is 306 g/mol. The van der Waals surface area contributed by atoms with Crippen LogP contribution in [0.1, 0.15) is 38.6 Å². The highest BCUT2D eigenvalue weighted by molar-refractivity contribution is 9.09. The minimum absolute atomic E-state index is 0.508. The van der Waals surface area contributed by atoms with Gasteiger partial charge in [0.1, 0.15) is 0 Å². The van der Waals surface area contributed by atoms with Gasteiger partial charge in [-0.15, -0.1) is 0 Å². The summed E-state index contributed by atoms with van der Waals surface area (Å²) in [4.78, 5) is 0.508. The molecule has 4 heteroatoms. The molecule has 92 valence electrons. The first kappa shape index (κ1) is 14.0. The molecule has 1 rings (SSSR count). The fraction of sp³-hybridized carbons (Fsp3) is 0.750. The molecule has 0 N–H and O–H groups in total. The molecule has 0 fully saturated rings. The zero-order chi connectivity index (χ0) is 12.3. The Kier molecular flexibility index (Phi) is 5.32. The molecule has 0 saturated carbocycles. The van der Waals surface area contributed by atoms with E-state index in [0.29, 0.717) is 10.7 Å². The van der Waals surface area contributed by atoms with Crippen molar-refractivity contribution < 1.29 is 0 Å². The minimum atomic E-state index is 0.508. The second-order valence-corrected chi connectivity index (χ2v) is 6.03. The lowest BCUT2D eigenvalue weighted by Crippen LogP contribution is -2.16. The summed E-state index contributed by atoms with van der Waals surface area (Å²) < 4.78 is 2.02. The summed E-state index contributed by atoms with van der Waals surface area (Å²) in [7, 11) is 0. The third-order valence-corrected chi connectivity index (χ3v) is 4.32. The second kappa shape index (κ2) is 6.06. The Morgan fingerprint density at radius 1 is 1.44 bits per heavy atom. The highest BCUT2D eigenvalue weighted by Crippen LogP contribution is 2.27. The highest BCUT2D eigenvalue weighted by atomic mass is 79.9. The third kappa shape index (κ3) is 3.01. The average Bonchev–Trinajstić information content (AvgIpc) is 2.51. The first-order chi connectivity index (χ1) is 7.51. The van der Waals surface area contributed by atoms with Crippen molar-refractivity contribution in [3.8, 4) is 0 Å². The van der Waals surface area contributed by atoms with E-state index in [1.54, 1.807) is 0 Å². The topological polar surface area (TPSA) is 17.8 Å². The number of rotatable bonds is 5. The van der Waals surface area contributed by atoms with Crippen molar-refractivity contribution in [2.24, 2.45) is 5.92 Å². The van der Waals surface area contributed by atoms with Gasteiger partial charge in [-0.1, -0.05) is 47.8 Å². The Morgan fingerprint density at radius 3 is 2.50 bits per heavy atom. The van der Waals surface area contributed by atoms with E-state index in [2.05, 4.69) is 41.8 Å². The van der Waals surface area contributed by atoms with E-state index in [-0.39, 0.29) is 0 Å². The Balaban J connectivity index is 2.94. The van der Waals surface area contributed by atoms with E-state index in [1.807, 2.05) is 11.6 Å². The molecule has 0 aliphatic carbocycles. The van der Waals surface area contributed by atoms with Crippen LogP contribution in [0, 0.1) is 12.8 Å². The molecule has 1 aromatic heterocycles. The van der Waals surface area contributed by atoms with Gasteiger partial charge in [-0.2, -0.15) is 5.10 Å². The zero-order valence-electron chi connectivity index (χ0n) is 10.4. The molecule has 0 bridgehead atoms. The molecule has 16 heavy (non-hydrogen) atoms. The number of halogens is 2. The van der Waals surface area contributed by atoms with Gasteiger partial charge in [-0.3, -0.25) is 4.68 Å². The lowest BCUT2D eigenvalue weighted by Gasteiger charge is -2.18. The van der Waals surface area contributed by atoms with E-state index in [1.165, 1.54) is 5.69 Å². The van der Waals surface area contributed by atoms with E-state index >= 15 is 0 Å². The predicted octanol–water partition coefficient (Wildman–Crippen LogP) is 4.22. The third-order valence-electron chi connectivity index (χ3n) is 3.08. The van der Waals surface area contributed by atoms with Crippen LogP contribution in [0.4, 0.5) is 0 Å². The van der Waals surface area contributed by atoms with Crippen molar-refractivity contribution in [2.45, 2.75) is 51.9 Å². The van der Waals surface area contributed by atoms with Gasteiger partial charge < -0.3 is 0 Å². The first-order valence-corrected chi connectivity index (χ1v) is 7.16. The molecule has 0 aromatic carbocycles. The van der Waals surface area contributed by atoms with Gasteiger partial charge in [0.2, 0.25) is 0 Å². The summed E-state index contributed by atoms with van der Waals surface area (Å²) in [6, 6.07) is 0. The van der Waals surface area contributed by atoms with Crippen LogP contribution in [0.15, 0.2) is 0 Å². The first-order valence-electron chi connectivity index (χ1n) is 5.87. The van der Waals surface area contributed by atoms with Crippen molar-refractivity contribution in [1.82, 2.24) is 9.78 Å². The van der Waals surface area contributed by atoms with Gasteiger partial charge in [-0.25, -0.2) is 0 Å². The van der Waals surface area contributed by atoms with Crippen LogP contribution in [0.3, 0.4) is 0 Å². The van der Waals surface area contributed by atoms with Gasteiger partial charge in [0, 0.05) is 11.4 Å². The molecule has 2 atom stereocenters. The number of hydrogen-bond acceptors (Lipinski definition) is 1. The molecule has 1 heterocycles. The molecule has 0 saturated heterocycles. The number of aromatic nitrogens is 2. The number of aryl methyl sites for hydroxylation is 2. The standard InChI is InChI=1S/C12H20BrClN2/c1-5-10(8(3)13)7-11-12(14)9(4)15-16(11)6-2/h8,10H,5-7H2,1-4H3. The van der Waals surface area contributed by atoms with Gasteiger partial charge >= 0.3 is 0 Å². The van der Waals surface area contributed by atoms with Crippen LogP contribution < -0.4 is 0 Å². The van der Waals surface area contributed by atoms with Crippen LogP contribution in [0.5, 0.6) is 0 Å². The van der Waals surface area contributed by atoms with E-state index in [9.17, 15) is 0 Å². The lowest BCUT2D eigenvalue weighted by atomic mass is 9.97. The quantitative estimate of drug-likeness (QED) is 0.745. The van der Waals surface area contributed by atoms with E-state index < -0.39 is 0 Å². The fourth-order valence-corrected chi connectivity index (χ4v) is 2.72. The average molecular weight is 308 g/mol. The summed E-state index contributed by atoms with van der Waals surface area (Å²) in [5.41, 5.74) is 2.12. The largest absolute Gasteiger partial charge is 0.268 e. The minimum Gasteiger partial charge on any atom is -0.268 e. The maximum atomic E-state index is 6.30. The summed E-state index contributed by atoms with van der Waals surface area (Å²) >= 11 is 9.96. The molecule has 0 spiro atoms. The van der Waals surface area contributed by atoms with Crippen molar-refractivity contribution in [1.29, 1.82) is 0 Å². The molecular formula is C12H20BrClN2. The second-order valence-electron chi connectivity index (χ2n) is 4.21. The molecule has 2 unspecified atom stereocenters.